The third-order valence-electron chi connectivity index (χ3n) is 4.69. The van der Waals surface area contributed by atoms with Gasteiger partial charge in [0.25, 0.3) is 0 Å². The van der Waals surface area contributed by atoms with Crippen molar-refractivity contribution >= 4 is 41.0 Å². The Labute approximate surface area is 152 Å². The molecule has 128 valence electrons. The van der Waals surface area contributed by atoms with Crippen molar-refractivity contribution in [1.29, 1.82) is 0 Å². The van der Waals surface area contributed by atoms with E-state index in [1.165, 1.54) is 0 Å². The average Bonchev–Trinajstić information content (AvgIpc) is 2.75. The summed E-state index contributed by atoms with van der Waals surface area (Å²) in [5, 5.41) is 7.15. The third kappa shape index (κ3) is 3.55. The molecule has 1 unspecified atom stereocenters. The van der Waals surface area contributed by atoms with Crippen LogP contribution < -0.4 is 15.5 Å². The van der Waals surface area contributed by atoms with Gasteiger partial charge in [-0.05, 0) is 35.4 Å². The zero-order chi connectivity index (χ0) is 17.2. The molecule has 2 aromatic rings. The molecule has 1 amide bonds. The van der Waals surface area contributed by atoms with Gasteiger partial charge in [0.15, 0.2) is 0 Å². The fourth-order valence-corrected chi connectivity index (χ4v) is 3.67. The monoisotopic (exact) mass is 353 g/mol. The molecule has 2 aromatic carbocycles. The zero-order valence-corrected chi connectivity index (χ0v) is 14.6. The Kier molecular flexibility index (Phi) is 4.47. The standard InChI is InChI=1S/C20H20ClN3O/c21-16-3-1-2-14(10-16)4-5-15-6-7-18-19(11-15)24-9-8-22-13-17(24)12-20(25)23-18/h1-7,10-11,17,22H,8-9,12-13H2,(H,23,25)/b5-4+. The van der Waals surface area contributed by atoms with Crippen LogP contribution in [0, 0.1) is 0 Å². The summed E-state index contributed by atoms with van der Waals surface area (Å²) in [6, 6.07) is 14.2. The Hall–Kier alpha value is -2.30. The van der Waals surface area contributed by atoms with E-state index in [0.717, 1.165) is 47.2 Å². The fourth-order valence-electron chi connectivity index (χ4n) is 3.47. The second-order valence-corrected chi connectivity index (χ2v) is 6.91. The molecule has 0 radical (unpaired) electrons. The SMILES string of the molecule is O=C1CC2CNCCN2c2cc(/C=C/c3cccc(Cl)c3)ccc2N1. The van der Waals surface area contributed by atoms with Gasteiger partial charge in [-0.2, -0.15) is 0 Å². The number of benzene rings is 2. The van der Waals surface area contributed by atoms with Gasteiger partial charge in [0, 0.05) is 31.1 Å². The minimum Gasteiger partial charge on any atom is -0.364 e. The number of piperazine rings is 1. The van der Waals surface area contributed by atoms with Crippen LogP contribution in [0.5, 0.6) is 0 Å². The smallest absolute Gasteiger partial charge is 0.226 e. The highest BCUT2D eigenvalue weighted by molar-refractivity contribution is 6.30. The number of rotatable bonds is 2. The highest BCUT2D eigenvalue weighted by Gasteiger charge is 2.29. The van der Waals surface area contributed by atoms with E-state index in [-0.39, 0.29) is 11.9 Å². The highest BCUT2D eigenvalue weighted by Crippen LogP contribution is 2.33. The third-order valence-corrected chi connectivity index (χ3v) is 4.93. The van der Waals surface area contributed by atoms with E-state index < -0.39 is 0 Å². The number of hydrogen-bond acceptors (Lipinski definition) is 3. The number of nitrogens with one attached hydrogen (secondary N) is 2. The lowest BCUT2D eigenvalue weighted by atomic mass is 10.1. The van der Waals surface area contributed by atoms with Crippen LogP contribution >= 0.6 is 11.6 Å². The van der Waals surface area contributed by atoms with Crippen molar-refractivity contribution in [1.82, 2.24) is 5.32 Å². The highest BCUT2D eigenvalue weighted by atomic mass is 35.5. The Bertz CT molecular complexity index is 833. The molecule has 0 aromatic heterocycles. The normalized spacial score (nSPS) is 20.0. The van der Waals surface area contributed by atoms with Crippen molar-refractivity contribution < 1.29 is 4.79 Å². The number of carbonyl (C=O) groups is 1. The van der Waals surface area contributed by atoms with Crippen LogP contribution in [0.15, 0.2) is 42.5 Å². The molecule has 4 rings (SSSR count). The van der Waals surface area contributed by atoms with Crippen molar-refractivity contribution in [3.05, 3.63) is 58.6 Å². The molecule has 25 heavy (non-hydrogen) atoms. The zero-order valence-electron chi connectivity index (χ0n) is 13.8. The van der Waals surface area contributed by atoms with Crippen molar-refractivity contribution in [3.63, 3.8) is 0 Å². The first kappa shape index (κ1) is 16.2. The number of fused-ring (bicyclic) bond motifs is 3. The summed E-state index contributed by atoms with van der Waals surface area (Å²) < 4.78 is 0. The summed E-state index contributed by atoms with van der Waals surface area (Å²) in [5.74, 6) is 0.0830. The molecule has 2 N–H and O–H groups in total. The molecule has 4 nitrogen and oxygen atoms in total. The Morgan fingerprint density at radius 2 is 1.96 bits per heavy atom. The molecule has 0 aliphatic carbocycles. The largest absolute Gasteiger partial charge is 0.364 e. The summed E-state index contributed by atoms with van der Waals surface area (Å²) in [7, 11) is 0. The average molecular weight is 354 g/mol. The maximum Gasteiger partial charge on any atom is 0.226 e. The lowest BCUT2D eigenvalue weighted by Gasteiger charge is -2.36. The van der Waals surface area contributed by atoms with Crippen LogP contribution in [0.2, 0.25) is 5.02 Å². The van der Waals surface area contributed by atoms with Crippen LogP contribution in [-0.2, 0) is 4.79 Å². The van der Waals surface area contributed by atoms with Gasteiger partial charge in [0.2, 0.25) is 5.91 Å². The van der Waals surface area contributed by atoms with Gasteiger partial charge >= 0.3 is 0 Å². The number of anilines is 2. The topological polar surface area (TPSA) is 44.4 Å². The number of carbonyl (C=O) groups excluding carboxylic acids is 1. The van der Waals surface area contributed by atoms with Crippen molar-refractivity contribution in [2.75, 3.05) is 29.9 Å². The number of halogens is 1. The molecule has 2 heterocycles. The van der Waals surface area contributed by atoms with Gasteiger partial charge in [-0.25, -0.2) is 0 Å². The molecule has 0 spiro atoms. The van der Waals surface area contributed by atoms with Crippen LogP contribution in [0.1, 0.15) is 17.5 Å². The molecular formula is C20H20ClN3O. The fraction of sp³-hybridized carbons (Fsp3) is 0.250. The predicted octanol–water partition coefficient (Wildman–Crippen LogP) is 3.63. The maximum absolute atomic E-state index is 12.1. The number of amides is 1. The van der Waals surface area contributed by atoms with E-state index in [1.807, 2.05) is 36.4 Å². The van der Waals surface area contributed by atoms with Crippen molar-refractivity contribution in [2.45, 2.75) is 12.5 Å². The Balaban J connectivity index is 1.66. The van der Waals surface area contributed by atoms with Crippen molar-refractivity contribution in [2.24, 2.45) is 0 Å². The summed E-state index contributed by atoms with van der Waals surface area (Å²) in [5.41, 5.74) is 4.17. The quantitative estimate of drug-likeness (QED) is 0.810. The molecule has 2 aliphatic heterocycles. The Morgan fingerprint density at radius 3 is 2.80 bits per heavy atom. The van der Waals surface area contributed by atoms with E-state index >= 15 is 0 Å². The minimum atomic E-state index is 0.0830. The molecule has 1 saturated heterocycles. The molecule has 2 aliphatic rings. The maximum atomic E-state index is 12.1. The van der Waals surface area contributed by atoms with E-state index in [1.54, 1.807) is 0 Å². The first-order valence-electron chi connectivity index (χ1n) is 8.54. The molecular weight excluding hydrogens is 334 g/mol. The lowest BCUT2D eigenvalue weighted by Crippen LogP contribution is -2.51. The van der Waals surface area contributed by atoms with E-state index in [9.17, 15) is 4.79 Å². The van der Waals surface area contributed by atoms with Gasteiger partial charge in [0.05, 0.1) is 17.4 Å². The van der Waals surface area contributed by atoms with Gasteiger partial charge in [-0.15, -0.1) is 0 Å². The van der Waals surface area contributed by atoms with Crippen LogP contribution in [0.25, 0.3) is 12.2 Å². The Morgan fingerprint density at radius 1 is 1.12 bits per heavy atom. The molecule has 5 heteroatoms. The second-order valence-electron chi connectivity index (χ2n) is 6.47. The van der Waals surface area contributed by atoms with Crippen molar-refractivity contribution in [3.8, 4) is 0 Å². The first-order valence-corrected chi connectivity index (χ1v) is 8.92. The number of nitrogens with zero attached hydrogens (tertiary/aromatic N) is 1. The lowest BCUT2D eigenvalue weighted by molar-refractivity contribution is -0.116. The van der Waals surface area contributed by atoms with E-state index in [2.05, 4.69) is 33.8 Å². The summed E-state index contributed by atoms with van der Waals surface area (Å²) >= 11 is 6.04. The summed E-state index contributed by atoms with van der Waals surface area (Å²) in [6.45, 7) is 2.69. The molecule has 0 saturated carbocycles. The van der Waals surface area contributed by atoms with Gasteiger partial charge in [-0.3, -0.25) is 4.79 Å². The van der Waals surface area contributed by atoms with Crippen LogP contribution in [0.4, 0.5) is 11.4 Å². The summed E-state index contributed by atoms with van der Waals surface area (Å²) in [6.07, 6.45) is 4.66. The van der Waals surface area contributed by atoms with Crippen LogP contribution in [0.3, 0.4) is 0 Å². The van der Waals surface area contributed by atoms with E-state index in [0.29, 0.717) is 6.42 Å². The molecule has 0 bridgehead atoms. The number of hydrogen-bond donors (Lipinski definition) is 2. The first-order chi connectivity index (χ1) is 12.2. The second kappa shape index (κ2) is 6.90. The summed E-state index contributed by atoms with van der Waals surface area (Å²) in [4.78, 5) is 14.5. The van der Waals surface area contributed by atoms with Gasteiger partial charge in [0.1, 0.15) is 0 Å². The van der Waals surface area contributed by atoms with E-state index in [4.69, 9.17) is 11.6 Å². The molecule has 1 fully saturated rings. The van der Waals surface area contributed by atoms with Gasteiger partial charge in [-0.1, -0.05) is 42.0 Å². The molecule has 1 atom stereocenters. The van der Waals surface area contributed by atoms with Crippen LogP contribution in [-0.4, -0.2) is 31.6 Å². The minimum absolute atomic E-state index is 0.0830. The predicted molar refractivity (Wildman–Crippen MR) is 104 cm³/mol. The van der Waals surface area contributed by atoms with Gasteiger partial charge < -0.3 is 15.5 Å².